The Balaban J connectivity index is 0.000000179. The van der Waals surface area contributed by atoms with Gasteiger partial charge in [-0.1, -0.05) is 0 Å². The van der Waals surface area contributed by atoms with Crippen LogP contribution in [0.3, 0.4) is 0 Å². The zero-order valence-corrected chi connectivity index (χ0v) is 6.57. The van der Waals surface area contributed by atoms with E-state index in [4.69, 9.17) is 9.90 Å². The molecule has 0 atom stereocenters. The van der Waals surface area contributed by atoms with Gasteiger partial charge in [-0.25, -0.2) is 0 Å². The van der Waals surface area contributed by atoms with Crippen molar-refractivity contribution in [2.45, 2.75) is 0 Å². The molecule has 0 aromatic heterocycles. The van der Waals surface area contributed by atoms with Crippen molar-refractivity contribution in [3.05, 3.63) is 0 Å². The number of rotatable bonds is 0. The van der Waals surface area contributed by atoms with Gasteiger partial charge in [0.25, 0.3) is 6.47 Å². The Morgan fingerprint density at radius 2 is 1.09 bits per heavy atom. The van der Waals surface area contributed by atoms with Gasteiger partial charge in [-0.15, -0.1) is 0 Å². The highest BCUT2D eigenvalue weighted by Crippen LogP contribution is 2.06. The van der Waals surface area contributed by atoms with Gasteiger partial charge in [-0.05, 0) is 0 Å². The third-order valence-electron chi connectivity index (χ3n) is 2.20. The molecule has 3 aliphatic heterocycles. The van der Waals surface area contributed by atoms with Gasteiger partial charge in [0.15, 0.2) is 0 Å². The van der Waals surface area contributed by atoms with E-state index in [-0.39, 0.29) is 6.47 Å². The molecule has 11 heavy (non-hydrogen) atoms. The van der Waals surface area contributed by atoms with Crippen molar-refractivity contribution in [2.24, 2.45) is 0 Å². The molecule has 0 radical (unpaired) electrons. The van der Waals surface area contributed by atoms with Crippen LogP contribution in [0, 0.1) is 0 Å². The lowest BCUT2D eigenvalue weighted by atomic mass is 10.2. The van der Waals surface area contributed by atoms with Crippen LogP contribution >= 0.6 is 0 Å². The van der Waals surface area contributed by atoms with E-state index >= 15 is 0 Å². The molecule has 0 aliphatic carbocycles. The van der Waals surface area contributed by atoms with Gasteiger partial charge in [0.05, 0.1) is 0 Å². The summed E-state index contributed by atoms with van der Waals surface area (Å²) in [7, 11) is 0. The van der Waals surface area contributed by atoms with Gasteiger partial charge in [-0.2, -0.15) is 0 Å². The van der Waals surface area contributed by atoms with Crippen LogP contribution in [-0.2, 0) is 4.79 Å². The largest absolute Gasteiger partial charge is 0.483 e. The Kier molecular flexibility index (Phi) is 3.32. The monoisotopic (exact) mass is 158 g/mol. The molecule has 1 N–H and O–H groups in total. The maximum absolute atomic E-state index is 8.36. The molecule has 3 heterocycles. The summed E-state index contributed by atoms with van der Waals surface area (Å²) in [6, 6.07) is 0. The quantitative estimate of drug-likeness (QED) is 0.474. The third kappa shape index (κ3) is 2.48. The van der Waals surface area contributed by atoms with Crippen LogP contribution in [-0.4, -0.2) is 60.6 Å². The predicted octanol–water partition coefficient (Wildman–Crippen LogP) is -0.682. The Bertz CT molecular complexity index is 98.6. The van der Waals surface area contributed by atoms with Crippen LogP contribution in [0.5, 0.6) is 0 Å². The Hall–Kier alpha value is -0.610. The first-order chi connectivity index (χ1) is 5.36. The number of fused-ring (bicyclic) bond motifs is 3. The van der Waals surface area contributed by atoms with Crippen LogP contribution in [0.15, 0.2) is 0 Å². The summed E-state index contributed by atoms with van der Waals surface area (Å²) >= 11 is 0. The fourth-order valence-corrected chi connectivity index (χ4v) is 1.52. The molecule has 0 amide bonds. The third-order valence-corrected chi connectivity index (χ3v) is 2.20. The van der Waals surface area contributed by atoms with Crippen LogP contribution in [0.25, 0.3) is 0 Å². The van der Waals surface area contributed by atoms with Crippen molar-refractivity contribution in [1.82, 2.24) is 9.80 Å². The molecule has 4 nitrogen and oxygen atoms in total. The lowest BCUT2D eigenvalue weighted by Crippen LogP contribution is -2.55. The van der Waals surface area contributed by atoms with Crippen LogP contribution in [0.2, 0.25) is 0 Å². The maximum Gasteiger partial charge on any atom is 0.290 e. The van der Waals surface area contributed by atoms with E-state index in [0.717, 1.165) is 0 Å². The highest BCUT2D eigenvalue weighted by molar-refractivity contribution is 5.32. The second-order valence-electron chi connectivity index (χ2n) is 2.79. The van der Waals surface area contributed by atoms with E-state index in [1.54, 1.807) is 0 Å². The molecule has 3 rings (SSSR count). The fraction of sp³-hybridized carbons (Fsp3) is 0.857. The molecule has 3 fully saturated rings. The molecule has 0 spiro atoms. The zero-order chi connectivity index (χ0) is 8.10. The first-order valence-corrected chi connectivity index (χ1v) is 3.89. The van der Waals surface area contributed by atoms with Gasteiger partial charge in [0.2, 0.25) is 0 Å². The van der Waals surface area contributed by atoms with E-state index < -0.39 is 0 Å². The number of nitrogens with zero attached hydrogens (tertiary/aromatic N) is 2. The highest BCUT2D eigenvalue weighted by atomic mass is 16.3. The van der Waals surface area contributed by atoms with Crippen molar-refractivity contribution in [3.63, 3.8) is 0 Å². The van der Waals surface area contributed by atoms with Crippen molar-refractivity contribution >= 4 is 6.47 Å². The lowest BCUT2D eigenvalue weighted by molar-refractivity contribution is -0.122. The minimum absolute atomic E-state index is 0.250. The van der Waals surface area contributed by atoms with Gasteiger partial charge in [0, 0.05) is 39.3 Å². The summed E-state index contributed by atoms with van der Waals surface area (Å²) in [5.74, 6) is 0. The van der Waals surface area contributed by atoms with Crippen LogP contribution in [0.1, 0.15) is 0 Å². The normalized spacial score (nSPS) is 33.8. The van der Waals surface area contributed by atoms with Gasteiger partial charge in [0.1, 0.15) is 0 Å². The number of hydrogen-bond donors (Lipinski definition) is 1. The zero-order valence-electron chi connectivity index (χ0n) is 6.57. The number of carboxylic acid groups (broad SMARTS) is 1. The van der Waals surface area contributed by atoms with Crippen molar-refractivity contribution < 1.29 is 9.90 Å². The van der Waals surface area contributed by atoms with E-state index in [2.05, 4.69) is 9.80 Å². The second-order valence-corrected chi connectivity index (χ2v) is 2.79. The topological polar surface area (TPSA) is 43.8 Å². The summed E-state index contributed by atoms with van der Waals surface area (Å²) in [5, 5.41) is 6.89. The Morgan fingerprint density at radius 3 is 1.18 bits per heavy atom. The summed E-state index contributed by atoms with van der Waals surface area (Å²) in [4.78, 5) is 13.4. The number of carbonyl (C=O) groups is 1. The van der Waals surface area contributed by atoms with Crippen LogP contribution in [0.4, 0.5) is 0 Å². The molecule has 0 aromatic carbocycles. The maximum atomic E-state index is 8.36. The first-order valence-electron chi connectivity index (χ1n) is 3.89. The second kappa shape index (κ2) is 4.31. The summed E-state index contributed by atoms with van der Waals surface area (Å²) in [6.07, 6.45) is 0. The fourth-order valence-electron chi connectivity index (χ4n) is 1.52. The van der Waals surface area contributed by atoms with Gasteiger partial charge < -0.3 is 5.11 Å². The molecular weight excluding hydrogens is 144 g/mol. The molecule has 4 heteroatoms. The van der Waals surface area contributed by atoms with E-state index in [1.165, 1.54) is 39.3 Å². The van der Waals surface area contributed by atoms with Gasteiger partial charge in [-0.3, -0.25) is 14.6 Å². The average Bonchev–Trinajstić information content (AvgIpc) is 2.09. The van der Waals surface area contributed by atoms with Gasteiger partial charge >= 0.3 is 0 Å². The predicted molar refractivity (Wildman–Crippen MR) is 41.6 cm³/mol. The smallest absolute Gasteiger partial charge is 0.290 e. The SMILES string of the molecule is C1CN2CCN1CC2.O=CO. The van der Waals surface area contributed by atoms with Crippen molar-refractivity contribution in [1.29, 1.82) is 0 Å². The Labute approximate surface area is 66.4 Å². The van der Waals surface area contributed by atoms with Crippen molar-refractivity contribution in [3.8, 4) is 0 Å². The van der Waals surface area contributed by atoms with E-state index in [9.17, 15) is 0 Å². The standard InChI is InChI=1S/C6H12N2.CH2O2/c1-2-8-5-3-7(1)4-6-8;2-1-3/h1-6H2;1H,(H,2,3). The average molecular weight is 158 g/mol. The number of piperazine rings is 3. The lowest BCUT2D eigenvalue weighted by Gasteiger charge is -2.41. The van der Waals surface area contributed by atoms with E-state index in [1.807, 2.05) is 0 Å². The minimum atomic E-state index is -0.250. The molecule has 2 bridgehead atoms. The summed E-state index contributed by atoms with van der Waals surface area (Å²) in [5.41, 5.74) is 0. The molecule has 3 saturated heterocycles. The molecule has 0 unspecified atom stereocenters. The highest BCUT2D eigenvalue weighted by Gasteiger charge is 2.21. The van der Waals surface area contributed by atoms with Crippen molar-refractivity contribution in [2.75, 3.05) is 39.3 Å². The summed E-state index contributed by atoms with van der Waals surface area (Å²) in [6.45, 7) is 7.67. The molecular formula is C7H14N2O2. The van der Waals surface area contributed by atoms with Crippen LogP contribution < -0.4 is 0 Å². The Morgan fingerprint density at radius 1 is 0.909 bits per heavy atom. The first kappa shape index (κ1) is 8.49. The molecule has 0 saturated carbocycles. The molecule has 64 valence electrons. The van der Waals surface area contributed by atoms with E-state index in [0.29, 0.717) is 0 Å². The summed E-state index contributed by atoms with van der Waals surface area (Å²) < 4.78 is 0. The number of hydrogen-bond acceptors (Lipinski definition) is 3. The minimum Gasteiger partial charge on any atom is -0.483 e. The molecule has 3 aliphatic rings. The molecule has 0 aromatic rings.